The van der Waals surface area contributed by atoms with E-state index >= 15 is 0 Å². The molecule has 0 aliphatic carbocycles. The second kappa shape index (κ2) is 8.56. The number of aryl methyl sites for hydroxylation is 1. The van der Waals surface area contributed by atoms with Crippen molar-refractivity contribution in [1.82, 2.24) is 29.3 Å². The van der Waals surface area contributed by atoms with E-state index in [4.69, 9.17) is 19.4 Å². The van der Waals surface area contributed by atoms with Crippen LogP contribution in [0.4, 0.5) is 5.82 Å². The van der Waals surface area contributed by atoms with Crippen molar-refractivity contribution in [2.24, 2.45) is 0 Å². The second-order valence-corrected chi connectivity index (χ2v) is 7.52. The summed E-state index contributed by atoms with van der Waals surface area (Å²) >= 11 is 0. The number of fused-ring (bicyclic) bond motifs is 1. The number of rotatable bonds is 6. The van der Waals surface area contributed by atoms with Gasteiger partial charge in [-0.2, -0.15) is 9.97 Å². The highest BCUT2D eigenvalue weighted by molar-refractivity contribution is 5.84. The van der Waals surface area contributed by atoms with E-state index < -0.39 is 0 Å². The molecule has 1 aliphatic heterocycles. The Kier molecular flexibility index (Phi) is 5.46. The summed E-state index contributed by atoms with van der Waals surface area (Å²) in [6, 6.07) is 9.72. The van der Waals surface area contributed by atoms with Crippen LogP contribution in [-0.4, -0.2) is 73.9 Å². The molecule has 10 heteroatoms. The van der Waals surface area contributed by atoms with Crippen LogP contribution in [-0.2, 0) is 11.3 Å². The Morgan fingerprint density at radius 2 is 2.06 bits per heavy atom. The average Bonchev–Trinajstić information content (AvgIpc) is 3.48. The van der Waals surface area contributed by atoms with Gasteiger partial charge in [-0.05, 0) is 12.5 Å². The third-order valence-electron chi connectivity index (χ3n) is 5.65. The Balaban J connectivity index is 1.67. The molecule has 1 aliphatic rings. The number of hydrogen-bond acceptors (Lipinski definition) is 8. The first kappa shape index (κ1) is 20.4. The molecule has 0 saturated carbocycles. The van der Waals surface area contributed by atoms with Crippen molar-refractivity contribution in [1.29, 1.82) is 0 Å². The molecule has 32 heavy (non-hydrogen) atoms. The van der Waals surface area contributed by atoms with Crippen molar-refractivity contribution in [3.63, 3.8) is 0 Å². The summed E-state index contributed by atoms with van der Waals surface area (Å²) in [5.74, 6) is 1.56. The number of benzene rings is 1. The number of aliphatic hydroxyl groups excluding tert-OH is 1. The van der Waals surface area contributed by atoms with Gasteiger partial charge < -0.3 is 24.0 Å². The van der Waals surface area contributed by atoms with Crippen LogP contribution in [0.3, 0.4) is 0 Å². The molecule has 0 spiro atoms. The maximum absolute atomic E-state index is 9.91. The van der Waals surface area contributed by atoms with E-state index in [0.717, 1.165) is 17.7 Å². The lowest BCUT2D eigenvalue weighted by Crippen LogP contribution is -2.48. The Morgan fingerprint density at radius 3 is 2.81 bits per heavy atom. The summed E-state index contributed by atoms with van der Waals surface area (Å²) in [6.07, 6.45) is 3.63. The van der Waals surface area contributed by atoms with Crippen molar-refractivity contribution in [2.45, 2.75) is 19.5 Å². The molecular formula is C22H25N7O3. The smallest absolute Gasteiger partial charge is 0.254 e. The highest BCUT2D eigenvalue weighted by Crippen LogP contribution is 2.31. The molecule has 0 amide bonds. The van der Waals surface area contributed by atoms with Gasteiger partial charge in [0.1, 0.15) is 0 Å². The van der Waals surface area contributed by atoms with E-state index in [-0.39, 0.29) is 12.6 Å². The van der Waals surface area contributed by atoms with Gasteiger partial charge in [0.05, 0.1) is 44.9 Å². The van der Waals surface area contributed by atoms with Gasteiger partial charge in [0.25, 0.3) is 5.95 Å². The zero-order chi connectivity index (χ0) is 22.1. The van der Waals surface area contributed by atoms with Gasteiger partial charge >= 0.3 is 0 Å². The van der Waals surface area contributed by atoms with Crippen LogP contribution in [0.25, 0.3) is 28.2 Å². The first-order valence-electron chi connectivity index (χ1n) is 10.6. The van der Waals surface area contributed by atoms with Gasteiger partial charge in [0.15, 0.2) is 17.0 Å². The molecule has 4 heterocycles. The summed E-state index contributed by atoms with van der Waals surface area (Å²) in [7, 11) is 1.60. The zero-order valence-electron chi connectivity index (χ0n) is 18.0. The first-order valence-corrected chi connectivity index (χ1v) is 10.6. The number of morpholine rings is 1. The first-order chi connectivity index (χ1) is 15.7. The topological polar surface area (TPSA) is 103 Å². The molecule has 1 aromatic carbocycles. The van der Waals surface area contributed by atoms with Crippen LogP contribution in [0.5, 0.6) is 5.88 Å². The van der Waals surface area contributed by atoms with E-state index in [1.807, 2.05) is 52.9 Å². The molecule has 0 unspecified atom stereocenters. The molecule has 1 N–H and O–H groups in total. The number of hydrogen-bond donors (Lipinski definition) is 1. The summed E-state index contributed by atoms with van der Waals surface area (Å²) in [6.45, 7) is 4.31. The number of nitrogens with zero attached hydrogens (tertiary/aromatic N) is 7. The fourth-order valence-electron chi connectivity index (χ4n) is 3.96. The quantitative estimate of drug-likeness (QED) is 0.490. The maximum atomic E-state index is 9.91. The Morgan fingerprint density at radius 1 is 1.22 bits per heavy atom. The van der Waals surface area contributed by atoms with Crippen LogP contribution in [0, 0.1) is 0 Å². The lowest BCUT2D eigenvalue weighted by molar-refractivity contribution is 0.0724. The number of aliphatic hydroxyl groups is 1. The molecule has 10 nitrogen and oxygen atoms in total. The number of aromatic nitrogens is 6. The molecule has 3 aromatic heterocycles. The molecule has 1 atom stereocenters. The average molecular weight is 435 g/mol. The summed E-state index contributed by atoms with van der Waals surface area (Å²) < 4.78 is 14.7. The predicted octanol–water partition coefficient (Wildman–Crippen LogP) is 1.90. The molecule has 166 valence electrons. The predicted molar refractivity (Wildman–Crippen MR) is 119 cm³/mol. The molecule has 0 radical (unpaired) electrons. The molecule has 5 rings (SSSR count). The third kappa shape index (κ3) is 3.47. The van der Waals surface area contributed by atoms with Gasteiger partial charge in [-0.1, -0.05) is 30.3 Å². The molecular weight excluding hydrogens is 410 g/mol. The number of methoxy groups -OCH3 is 1. The van der Waals surface area contributed by atoms with Crippen LogP contribution in [0.2, 0.25) is 0 Å². The lowest BCUT2D eigenvalue weighted by Gasteiger charge is -2.35. The van der Waals surface area contributed by atoms with E-state index in [0.29, 0.717) is 48.6 Å². The SMILES string of the molecule is CCn1cnc2c(N3CCOC[C@@H]3CO)nc(-n3cc(-c4ccccc4)c(OC)n3)nc21. The van der Waals surface area contributed by atoms with Crippen molar-refractivity contribution in [2.75, 3.05) is 38.4 Å². The Hall–Kier alpha value is -3.50. The highest BCUT2D eigenvalue weighted by Gasteiger charge is 2.28. The maximum Gasteiger partial charge on any atom is 0.254 e. The minimum absolute atomic E-state index is 0.0386. The summed E-state index contributed by atoms with van der Waals surface area (Å²) in [5, 5.41) is 14.5. The Labute approximate surface area is 185 Å². The van der Waals surface area contributed by atoms with Crippen molar-refractivity contribution in [3.8, 4) is 23.0 Å². The minimum Gasteiger partial charge on any atom is -0.479 e. The van der Waals surface area contributed by atoms with Gasteiger partial charge in [0.2, 0.25) is 5.88 Å². The monoisotopic (exact) mass is 435 g/mol. The van der Waals surface area contributed by atoms with Crippen molar-refractivity contribution < 1.29 is 14.6 Å². The lowest BCUT2D eigenvalue weighted by atomic mass is 10.1. The second-order valence-electron chi connectivity index (χ2n) is 7.52. The largest absolute Gasteiger partial charge is 0.479 e. The fourth-order valence-corrected chi connectivity index (χ4v) is 3.96. The van der Waals surface area contributed by atoms with Gasteiger partial charge in [-0.15, -0.1) is 5.10 Å². The molecule has 1 saturated heterocycles. The zero-order valence-corrected chi connectivity index (χ0v) is 18.0. The van der Waals surface area contributed by atoms with Crippen LogP contribution < -0.4 is 9.64 Å². The van der Waals surface area contributed by atoms with E-state index in [9.17, 15) is 5.11 Å². The van der Waals surface area contributed by atoms with Crippen molar-refractivity contribution >= 4 is 17.0 Å². The van der Waals surface area contributed by atoms with E-state index in [1.165, 1.54) is 0 Å². The van der Waals surface area contributed by atoms with Crippen LogP contribution >= 0.6 is 0 Å². The molecule has 4 aromatic rings. The number of ether oxygens (including phenoxy) is 2. The number of anilines is 1. The summed E-state index contributed by atoms with van der Waals surface area (Å²) in [4.78, 5) is 16.2. The highest BCUT2D eigenvalue weighted by atomic mass is 16.5. The van der Waals surface area contributed by atoms with Gasteiger partial charge in [-0.3, -0.25) is 0 Å². The van der Waals surface area contributed by atoms with Gasteiger partial charge in [-0.25, -0.2) is 9.67 Å². The Bertz CT molecular complexity index is 1220. The van der Waals surface area contributed by atoms with E-state index in [2.05, 4.69) is 10.1 Å². The summed E-state index contributed by atoms with van der Waals surface area (Å²) in [5.41, 5.74) is 3.25. The van der Waals surface area contributed by atoms with Crippen LogP contribution in [0.15, 0.2) is 42.9 Å². The molecule has 1 fully saturated rings. The number of imidazole rings is 1. The minimum atomic E-state index is -0.200. The van der Waals surface area contributed by atoms with Gasteiger partial charge in [0, 0.05) is 19.3 Å². The standard InChI is InChI=1S/C22H25N7O3/c1-3-27-14-23-18-19(27)24-22(25-20(18)28-9-10-32-13-16(28)12-30)29-11-17(21(26-29)31-2)15-7-5-4-6-8-15/h4-8,11,14,16,30H,3,9-10,12-13H2,1-2H3/t16-/m0/s1. The fraction of sp³-hybridized carbons (Fsp3) is 0.364. The molecule has 0 bridgehead atoms. The normalized spacial score (nSPS) is 16.6. The van der Waals surface area contributed by atoms with Crippen molar-refractivity contribution in [3.05, 3.63) is 42.9 Å². The van der Waals surface area contributed by atoms with E-state index in [1.54, 1.807) is 18.1 Å². The van der Waals surface area contributed by atoms with Crippen LogP contribution in [0.1, 0.15) is 6.92 Å². The third-order valence-corrected chi connectivity index (χ3v) is 5.65.